The summed E-state index contributed by atoms with van der Waals surface area (Å²) in [6.45, 7) is 0. The summed E-state index contributed by atoms with van der Waals surface area (Å²) in [7, 11) is 1.55. The van der Waals surface area contributed by atoms with E-state index in [2.05, 4.69) is 26.1 Å². The molecule has 0 atom stereocenters. The standard InChI is InChI=1S/C9H7BrN2O2.ClH/c1-14-8-3-5(10)2-6-7(13)4-11-12-9(6)8;/h2-4H,1H3,(H,12,13);1H. The molecule has 0 radical (unpaired) electrons. The Labute approximate surface area is 101 Å². The number of fused-ring (bicyclic) bond motifs is 1. The molecule has 0 spiro atoms. The Hall–Kier alpha value is -1.07. The summed E-state index contributed by atoms with van der Waals surface area (Å²) in [5.41, 5.74) is 0.552. The Morgan fingerprint density at radius 2 is 2.13 bits per heavy atom. The van der Waals surface area contributed by atoms with Gasteiger partial charge in [0.25, 0.3) is 0 Å². The van der Waals surface area contributed by atoms with Crippen LogP contribution in [0.25, 0.3) is 10.9 Å². The molecule has 1 heterocycles. The van der Waals surface area contributed by atoms with E-state index >= 15 is 0 Å². The zero-order chi connectivity index (χ0) is 10.1. The molecule has 15 heavy (non-hydrogen) atoms. The van der Waals surface area contributed by atoms with Crippen molar-refractivity contribution in [1.82, 2.24) is 10.2 Å². The van der Waals surface area contributed by atoms with Crippen LogP contribution in [0.2, 0.25) is 0 Å². The second kappa shape index (κ2) is 4.63. The van der Waals surface area contributed by atoms with Crippen LogP contribution in [0, 0.1) is 0 Å². The first kappa shape index (κ1) is 12.0. The van der Waals surface area contributed by atoms with Gasteiger partial charge in [0.05, 0.1) is 18.7 Å². The number of ether oxygens (including phenoxy) is 1. The molecule has 1 aromatic heterocycles. The van der Waals surface area contributed by atoms with E-state index in [4.69, 9.17) is 4.74 Å². The molecule has 1 N–H and O–H groups in total. The van der Waals surface area contributed by atoms with Crippen molar-refractivity contribution in [2.24, 2.45) is 0 Å². The van der Waals surface area contributed by atoms with Gasteiger partial charge in [-0.3, -0.25) is 0 Å². The number of benzene rings is 1. The fourth-order valence-corrected chi connectivity index (χ4v) is 1.68. The van der Waals surface area contributed by atoms with Crippen LogP contribution in [0.3, 0.4) is 0 Å². The van der Waals surface area contributed by atoms with Crippen molar-refractivity contribution in [2.45, 2.75) is 0 Å². The first-order valence-corrected chi connectivity index (χ1v) is 4.69. The Morgan fingerprint density at radius 1 is 1.40 bits per heavy atom. The summed E-state index contributed by atoms with van der Waals surface area (Å²) in [4.78, 5) is 0. The molecule has 4 nitrogen and oxygen atoms in total. The summed E-state index contributed by atoms with van der Waals surface area (Å²) in [5.74, 6) is 0.673. The van der Waals surface area contributed by atoms with Crippen molar-refractivity contribution in [3.63, 3.8) is 0 Å². The molecule has 6 heteroatoms. The molecule has 0 saturated carbocycles. The van der Waals surface area contributed by atoms with Gasteiger partial charge in [0.2, 0.25) is 0 Å². The van der Waals surface area contributed by atoms with E-state index in [1.807, 2.05) is 0 Å². The predicted molar refractivity (Wildman–Crippen MR) is 62.7 cm³/mol. The summed E-state index contributed by atoms with van der Waals surface area (Å²) in [5, 5.41) is 17.7. The van der Waals surface area contributed by atoms with Gasteiger partial charge in [0.15, 0.2) is 0 Å². The fraction of sp³-hybridized carbons (Fsp3) is 0.111. The second-order valence-corrected chi connectivity index (χ2v) is 3.65. The Bertz CT molecular complexity index is 493. The van der Waals surface area contributed by atoms with Gasteiger partial charge in [-0.2, -0.15) is 5.10 Å². The lowest BCUT2D eigenvalue weighted by atomic mass is 10.2. The highest BCUT2D eigenvalue weighted by Crippen LogP contribution is 2.32. The maximum Gasteiger partial charge on any atom is 0.148 e. The summed E-state index contributed by atoms with van der Waals surface area (Å²) < 4.78 is 5.94. The highest BCUT2D eigenvalue weighted by molar-refractivity contribution is 9.10. The molecule has 2 aromatic rings. The van der Waals surface area contributed by atoms with E-state index in [0.29, 0.717) is 16.7 Å². The molecular weight excluding hydrogens is 283 g/mol. The molecule has 80 valence electrons. The van der Waals surface area contributed by atoms with Gasteiger partial charge in [-0.25, -0.2) is 0 Å². The van der Waals surface area contributed by atoms with Crippen molar-refractivity contribution < 1.29 is 9.84 Å². The minimum Gasteiger partial charge on any atom is -0.506 e. The van der Waals surface area contributed by atoms with Gasteiger partial charge < -0.3 is 9.84 Å². The van der Waals surface area contributed by atoms with Crippen molar-refractivity contribution in [3.05, 3.63) is 22.8 Å². The second-order valence-electron chi connectivity index (χ2n) is 2.73. The molecule has 0 aliphatic rings. The Balaban J connectivity index is 0.00000112. The minimum absolute atomic E-state index is 0. The van der Waals surface area contributed by atoms with Gasteiger partial charge in [-0.05, 0) is 12.1 Å². The molecule has 0 aliphatic carbocycles. The minimum atomic E-state index is 0. The van der Waals surface area contributed by atoms with Gasteiger partial charge in [0.1, 0.15) is 17.0 Å². The number of rotatable bonds is 1. The maximum absolute atomic E-state index is 9.54. The molecule has 0 fully saturated rings. The third kappa shape index (κ3) is 2.13. The van der Waals surface area contributed by atoms with E-state index < -0.39 is 0 Å². The molecule has 0 saturated heterocycles. The van der Waals surface area contributed by atoms with E-state index in [9.17, 15) is 5.11 Å². The maximum atomic E-state index is 9.54. The van der Waals surface area contributed by atoms with E-state index in [1.165, 1.54) is 6.20 Å². The number of hydrogen-bond donors (Lipinski definition) is 1. The number of aromatic nitrogens is 2. The lowest BCUT2D eigenvalue weighted by molar-refractivity contribution is 0.417. The predicted octanol–water partition coefficient (Wildman–Crippen LogP) is 2.53. The smallest absolute Gasteiger partial charge is 0.148 e. The van der Waals surface area contributed by atoms with E-state index in [-0.39, 0.29) is 18.2 Å². The number of aromatic hydroxyl groups is 1. The van der Waals surface area contributed by atoms with Gasteiger partial charge in [-0.15, -0.1) is 17.5 Å². The van der Waals surface area contributed by atoms with Gasteiger partial charge in [0, 0.05) is 4.47 Å². The lowest BCUT2D eigenvalue weighted by Crippen LogP contribution is -1.90. The van der Waals surface area contributed by atoms with Crippen LogP contribution in [-0.2, 0) is 0 Å². The van der Waals surface area contributed by atoms with Crippen LogP contribution in [0.5, 0.6) is 11.5 Å². The van der Waals surface area contributed by atoms with Crippen molar-refractivity contribution >= 4 is 39.2 Å². The average Bonchev–Trinajstić information content (AvgIpc) is 2.18. The Kier molecular flexibility index (Phi) is 3.71. The molecule has 0 amide bonds. The zero-order valence-electron chi connectivity index (χ0n) is 7.77. The SMILES string of the molecule is COc1cc(Br)cc2c(O)cnnc12.Cl. The van der Waals surface area contributed by atoms with Crippen LogP contribution in [-0.4, -0.2) is 22.4 Å². The highest BCUT2D eigenvalue weighted by Gasteiger charge is 2.08. The van der Waals surface area contributed by atoms with Crippen LogP contribution >= 0.6 is 28.3 Å². The van der Waals surface area contributed by atoms with Crippen LogP contribution in [0.4, 0.5) is 0 Å². The third-order valence-electron chi connectivity index (χ3n) is 1.87. The zero-order valence-corrected chi connectivity index (χ0v) is 10.2. The van der Waals surface area contributed by atoms with E-state index in [1.54, 1.807) is 19.2 Å². The van der Waals surface area contributed by atoms with Gasteiger partial charge in [-0.1, -0.05) is 15.9 Å². The highest BCUT2D eigenvalue weighted by atomic mass is 79.9. The van der Waals surface area contributed by atoms with E-state index in [0.717, 1.165) is 4.47 Å². The van der Waals surface area contributed by atoms with Gasteiger partial charge >= 0.3 is 0 Å². The first-order chi connectivity index (χ1) is 6.72. The van der Waals surface area contributed by atoms with Crippen molar-refractivity contribution in [3.8, 4) is 11.5 Å². The van der Waals surface area contributed by atoms with Crippen LogP contribution in [0.1, 0.15) is 0 Å². The molecule has 2 rings (SSSR count). The lowest BCUT2D eigenvalue weighted by Gasteiger charge is -2.05. The summed E-state index contributed by atoms with van der Waals surface area (Å²) in [6.07, 6.45) is 1.30. The number of halogens is 2. The third-order valence-corrected chi connectivity index (χ3v) is 2.33. The molecule has 0 bridgehead atoms. The molecular formula is C9H8BrClN2O2. The van der Waals surface area contributed by atoms with Crippen LogP contribution < -0.4 is 4.74 Å². The molecule has 0 aliphatic heterocycles. The summed E-state index contributed by atoms with van der Waals surface area (Å²) in [6, 6.07) is 3.54. The normalized spacial score (nSPS) is 9.73. The first-order valence-electron chi connectivity index (χ1n) is 3.90. The van der Waals surface area contributed by atoms with Crippen molar-refractivity contribution in [1.29, 1.82) is 0 Å². The van der Waals surface area contributed by atoms with Crippen molar-refractivity contribution in [2.75, 3.05) is 7.11 Å². The molecule has 1 aromatic carbocycles. The average molecular weight is 292 g/mol. The fourth-order valence-electron chi connectivity index (χ4n) is 1.24. The largest absolute Gasteiger partial charge is 0.506 e. The quantitative estimate of drug-likeness (QED) is 0.877. The monoisotopic (exact) mass is 290 g/mol. The Morgan fingerprint density at radius 3 is 2.80 bits per heavy atom. The number of nitrogens with zero attached hydrogens (tertiary/aromatic N) is 2. The topological polar surface area (TPSA) is 55.2 Å². The van der Waals surface area contributed by atoms with Crippen LogP contribution in [0.15, 0.2) is 22.8 Å². The molecule has 0 unspecified atom stereocenters. The number of methoxy groups -OCH3 is 1. The summed E-state index contributed by atoms with van der Waals surface area (Å²) >= 11 is 3.32. The number of hydrogen-bond acceptors (Lipinski definition) is 4.